The van der Waals surface area contributed by atoms with E-state index < -0.39 is 12.1 Å². The monoisotopic (exact) mass is 461 g/mol. The maximum Gasteiger partial charge on any atom is 0.259 e. The highest BCUT2D eigenvalue weighted by Gasteiger charge is 2.60. The summed E-state index contributed by atoms with van der Waals surface area (Å²) in [7, 11) is 0. The normalized spacial score (nSPS) is 45.6. The van der Waals surface area contributed by atoms with Crippen LogP contribution in [-0.2, 0) is 14.3 Å². The van der Waals surface area contributed by atoms with Crippen LogP contribution in [0.25, 0.3) is 0 Å². The molecule has 3 saturated heterocycles. The van der Waals surface area contributed by atoms with E-state index in [2.05, 4.69) is 9.80 Å². The summed E-state index contributed by atoms with van der Waals surface area (Å²) in [6.45, 7) is 2.47. The molecule has 9 atom stereocenters. The van der Waals surface area contributed by atoms with Gasteiger partial charge in [0.1, 0.15) is 6.17 Å². The minimum absolute atomic E-state index is 0.00531. The van der Waals surface area contributed by atoms with Crippen LogP contribution in [0.3, 0.4) is 0 Å². The number of amides is 1. The number of ether oxygens (including phenoxy) is 1. The summed E-state index contributed by atoms with van der Waals surface area (Å²) in [4.78, 5) is 33.1. The largest absolute Gasteiger partial charge is 0.369 e. The first-order chi connectivity index (χ1) is 15.9. The molecule has 0 spiro atoms. The minimum atomic E-state index is -1.18. The molecule has 4 heterocycles. The Morgan fingerprint density at radius 3 is 2.52 bits per heavy atom. The molecule has 2 saturated carbocycles. The lowest BCUT2D eigenvalue weighted by Gasteiger charge is -2.60. The van der Waals surface area contributed by atoms with Crippen LogP contribution < -0.4 is 11.5 Å². The topological polar surface area (TPSA) is 105 Å². The van der Waals surface area contributed by atoms with E-state index in [1.54, 1.807) is 4.90 Å². The maximum absolute atomic E-state index is 15.8. The van der Waals surface area contributed by atoms with Gasteiger partial charge in [-0.05, 0) is 32.1 Å². The molecule has 0 radical (unpaired) electrons. The van der Waals surface area contributed by atoms with Gasteiger partial charge in [0.25, 0.3) is 5.91 Å². The van der Waals surface area contributed by atoms with Gasteiger partial charge in [-0.1, -0.05) is 12.8 Å². The van der Waals surface area contributed by atoms with Crippen molar-refractivity contribution in [1.82, 2.24) is 14.7 Å². The highest BCUT2D eigenvalue weighted by Crippen LogP contribution is 2.47. The first-order valence-corrected chi connectivity index (χ1v) is 12.8. The van der Waals surface area contributed by atoms with Crippen LogP contribution in [0.1, 0.15) is 44.9 Å². The highest BCUT2D eigenvalue weighted by atomic mass is 19.1. The van der Waals surface area contributed by atoms with Crippen molar-refractivity contribution in [1.29, 1.82) is 0 Å². The predicted octanol–water partition coefficient (Wildman–Crippen LogP) is 0.153. The van der Waals surface area contributed by atoms with Crippen LogP contribution in [-0.4, -0.2) is 101 Å². The van der Waals surface area contributed by atoms with Crippen LogP contribution >= 0.6 is 0 Å². The lowest BCUT2D eigenvalue weighted by Crippen LogP contribution is -2.73. The smallest absolute Gasteiger partial charge is 0.259 e. The third-order valence-corrected chi connectivity index (χ3v) is 8.96. The Morgan fingerprint density at radius 1 is 1.03 bits per heavy atom. The molecule has 33 heavy (non-hydrogen) atoms. The number of hydrogen-bond acceptors (Lipinski definition) is 7. The number of morpholine rings is 1. The summed E-state index contributed by atoms with van der Waals surface area (Å²) >= 11 is 0. The number of rotatable bonds is 2. The molecule has 182 valence electrons. The molecule has 5 fully saturated rings. The zero-order valence-corrected chi connectivity index (χ0v) is 19.2. The Bertz CT molecular complexity index is 854. The number of hydrogen-bond donors (Lipinski definition) is 2. The van der Waals surface area contributed by atoms with Crippen molar-refractivity contribution in [3.05, 3.63) is 11.8 Å². The Labute approximate surface area is 194 Å². The number of nitrogens with zero attached hydrogens (tertiary/aromatic N) is 3. The SMILES string of the molecule is NC1CCN(C(=O)C2=CN3C4CCCCC4OC4C(N5CCC(N)C5)C(F)CC(C2=O)C43)C1. The van der Waals surface area contributed by atoms with E-state index in [9.17, 15) is 9.59 Å². The fourth-order valence-corrected chi connectivity index (χ4v) is 7.38. The lowest BCUT2D eigenvalue weighted by molar-refractivity contribution is -0.210. The van der Waals surface area contributed by atoms with Crippen LogP contribution in [0.2, 0.25) is 0 Å². The fraction of sp³-hybridized carbons (Fsp3) is 0.833. The Kier molecular flexibility index (Phi) is 5.51. The average molecular weight is 462 g/mol. The number of carbonyl (C=O) groups is 2. The minimum Gasteiger partial charge on any atom is -0.369 e. The van der Waals surface area contributed by atoms with Gasteiger partial charge in [-0.25, -0.2) is 4.39 Å². The molecule has 0 aromatic carbocycles. The van der Waals surface area contributed by atoms with Gasteiger partial charge in [-0.3, -0.25) is 14.5 Å². The van der Waals surface area contributed by atoms with E-state index in [0.717, 1.165) is 45.1 Å². The molecule has 0 bridgehead atoms. The summed E-state index contributed by atoms with van der Waals surface area (Å²) < 4.78 is 22.5. The van der Waals surface area contributed by atoms with Gasteiger partial charge in [0.15, 0.2) is 5.78 Å². The van der Waals surface area contributed by atoms with E-state index in [4.69, 9.17) is 16.2 Å². The van der Waals surface area contributed by atoms with Gasteiger partial charge in [0.2, 0.25) is 0 Å². The third-order valence-electron chi connectivity index (χ3n) is 8.96. The maximum atomic E-state index is 15.8. The quantitative estimate of drug-likeness (QED) is 0.564. The number of alkyl halides is 1. The van der Waals surface area contributed by atoms with Crippen LogP contribution in [0.5, 0.6) is 0 Å². The summed E-state index contributed by atoms with van der Waals surface area (Å²) in [5.41, 5.74) is 12.4. The van der Waals surface area contributed by atoms with Gasteiger partial charge in [-0.15, -0.1) is 0 Å². The molecule has 6 rings (SSSR count). The fourth-order valence-electron chi connectivity index (χ4n) is 7.38. The van der Waals surface area contributed by atoms with Gasteiger partial charge in [0, 0.05) is 50.4 Å². The van der Waals surface area contributed by atoms with Crippen molar-refractivity contribution in [2.45, 2.75) is 93.5 Å². The van der Waals surface area contributed by atoms with E-state index in [-0.39, 0.29) is 66.1 Å². The number of halogens is 1. The third kappa shape index (κ3) is 3.54. The van der Waals surface area contributed by atoms with Gasteiger partial charge in [0.05, 0.1) is 35.9 Å². The molecule has 8 nitrogen and oxygen atoms in total. The Hall–Kier alpha value is -1.55. The zero-order chi connectivity index (χ0) is 22.9. The Balaban J connectivity index is 1.37. The number of fused-ring (bicyclic) bond motifs is 2. The molecule has 9 unspecified atom stereocenters. The number of nitrogens with two attached hydrogens (primary N) is 2. The number of carbonyl (C=O) groups excluding carboxylic acids is 2. The van der Waals surface area contributed by atoms with E-state index in [1.807, 2.05) is 6.20 Å². The van der Waals surface area contributed by atoms with Crippen molar-refractivity contribution in [3.63, 3.8) is 0 Å². The molecular weight excluding hydrogens is 425 g/mol. The van der Waals surface area contributed by atoms with E-state index >= 15 is 4.39 Å². The summed E-state index contributed by atoms with van der Waals surface area (Å²) in [6, 6.07) is -0.463. The first-order valence-electron chi connectivity index (χ1n) is 12.8. The number of ketones is 1. The van der Waals surface area contributed by atoms with Crippen molar-refractivity contribution in [2.75, 3.05) is 26.2 Å². The second kappa shape index (κ2) is 8.29. The molecule has 0 aromatic rings. The van der Waals surface area contributed by atoms with Crippen molar-refractivity contribution in [2.24, 2.45) is 17.4 Å². The van der Waals surface area contributed by atoms with E-state index in [0.29, 0.717) is 19.6 Å². The van der Waals surface area contributed by atoms with Crippen LogP contribution in [0.4, 0.5) is 4.39 Å². The summed E-state index contributed by atoms with van der Waals surface area (Å²) in [5.74, 6) is -1.02. The highest BCUT2D eigenvalue weighted by molar-refractivity contribution is 6.20. The predicted molar refractivity (Wildman–Crippen MR) is 120 cm³/mol. The molecule has 1 amide bonds. The Morgan fingerprint density at radius 2 is 1.79 bits per heavy atom. The average Bonchev–Trinajstić information content (AvgIpc) is 3.43. The van der Waals surface area contributed by atoms with Crippen LogP contribution in [0, 0.1) is 5.92 Å². The lowest BCUT2D eigenvalue weighted by atomic mass is 9.69. The molecule has 6 aliphatic rings. The molecule has 0 aromatic heterocycles. The number of Topliss-reactive ketones (excluding diaryl/α,β-unsaturated/α-hetero) is 1. The number of likely N-dealkylation sites (tertiary alicyclic amines) is 2. The van der Waals surface area contributed by atoms with Crippen LogP contribution in [0.15, 0.2) is 11.8 Å². The summed E-state index contributed by atoms with van der Waals surface area (Å²) in [5, 5.41) is 0. The molecular formula is C24H36FN5O3. The molecule has 4 aliphatic heterocycles. The molecule has 9 heteroatoms. The molecule has 2 aliphatic carbocycles. The summed E-state index contributed by atoms with van der Waals surface area (Å²) in [6.07, 6.45) is 6.10. The second-order valence-corrected chi connectivity index (χ2v) is 11.0. The van der Waals surface area contributed by atoms with Gasteiger partial charge >= 0.3 is 0 Å². The van der Waals surface area contributed by atoms with E-state index in [1.165, 1.54) is 0 Å². The van der Waals surface area contributed by atoms with Crippen molar-refractivity contribution < 1.29 is 18.7 Å². The van der Waals surface area contributed by atoms with Crippen molar-refractivity contribution in [3.8, 4) is 0 Å². The van der Waals surface area contributed by atoms with Gasteiger partial charge < -0.3 is 26.0 Å². The molecule has 4 N–H and O–H groups in total. The van der Waals surface area contributed by atoms with Crippen molar-refractivity contribution >= 4 is 11.7 Å². The van der Waals surface area contributed by atoms with Gasteiger partial charge in [-0.2, -0.15) is 0 Å². The first kappa shape index (κ1) is 21.9. The zero-order valence-electron chi connectivity index (χ0n) is 19.2. The standard InChI is InChI=1S/C24H36FN5O3/c25-17-9-15-20-23(21(17)28-7-5-13(26)10-28)33-19-4-2-1-3-18(19)30(20)12-16(22(15)31)24(32)29-8-6-14(27)11-29/h12-15,17-21,23H,1-11,26-27H2. The second-order valence-electron chi connectivity index (χ2n) is 11.0.